The van der Waals surface area contributed by atoms with E-state index in [-0.39, 0.29) is 0 Å². The lowest BCUT2D eigenvalue weighted by Gasteiger charge is -2.33. The number of carboxylic acid groups (broad SMARTS) is 1. The molecule has 2 rings (SSSR count). The summed E-state index contributed by atoms with van der Waals surface area (Å²) in [7, 11) is 0. The number of hydrogen-bond acceptors (Lipinski definition) is 2. The van der Waals surface area contributed by atoms with Gasteiger partial charge in [-0.2, -0.15) is 0 Å². The lowest BCUT2D eigenvalue weighted by atomic mass is 9.92. The molecule has 98 valence electrons. The molecule has 0 radical (unpaired) electrons. The van der Waals surface area contributed by atoms with Gasteiger partial charge in [0.15, 0.2) is 0 Å². The molecule has 1 heterocycles. The highest BCUT2D eigenvalue weighted by atomic mass is 35.5. The molecule has 1 aromatic carbocycles. The number of aliphatic carboxylic acids is 1. The highest BCUT2D eigenvalue weighted by Gasteiger charge is 2.45. The van der Waals surface area contributed by atoms with Gasteiger partial charge in [-0.25, -0.2) is 0 Å². The second-order valence-corrected chi connectivity index (χ2v) is 5.28. The van der Waals surface area contributed by atoms with Gasteiger partial charge in [0, 0.05) is 11.6 Å². The molecule has 1 unspecified atom stereocenters. The van der Waals surface area contributed by atoms with Crippen LogP contribution >= 0.6 is 11.6 Å². The van der Waals surface area contributed by atoms with Gasteiger partial charge in [-0.05, 0) is 43.5 Å². The third-order valence-electron chi connectivity index (χ3n) is 3.89. The number of carboxylic acids is 1. The molecule has 1 aromatic rings. The second kappa shape index (κ2) is 5.29. The zero-order valence-corrected chi connectivity index (χ0v) is 11.3. The van der Waals surface area contributed by atoms with Gasteiger partial charge in [0.05, 0.1) is 0 Å². The summed E-state index contributed by atoms with van der Waals surface area (Å²) in [6.45, 7) is 3.48. The van der Waals surface area contributed by atoms with Gasteiger partial charge in [0.25, 0.3) is 0 Å². The molecule has 1 aliphatic heterocycles. The molecule has 0 bridgehead atoms. The van der Waals surface area contributed by atoms with Gasteiger partial charge in [0.2, 0.25) is 0 Å². The quantitative estimate of drug-likeness (QED) is 0.911. The smallest absolute Gasteiger partial charge is 0.324 e. The van der Waals surface area contributed by atoms with Crippen LogP contribution in [0, 0.1) is 0 Å². The van der Waals surface area contributed by atoms with Gasteiger partial charge in [0.1, 0.15) is 5.54 Å². The summed E-state index contributed by atoms with van der Waals surface area (Å²) in [6, 6.07) is 7.62. The maximum atomic E-state index is 11.5. The number of benzene rings is 1. The largest absolute Gasteiger partial charge is 0.480 e. The molecule has 4 heteroatoms. The Balaban J connectivity index is 2.17. The Morgan fingerprint density at radius 3 is 2.67 bits per heavy atom. The summed E-state index contributed by atoms with van der Waals surface area (Å²) in [6.07, 6.45) is 2.34. The minimum Gasteiger partial charge on any atom is -0.480 e. The van der Waals surface area contributed by atoms with Crippen molar-refractivity contribution in [1.29, 1.82) is 0 Å². The van der Waals surface area contributed by atoms with Gasteiger partial charge in [-0.1, -0.05) is 30.7 Å². The molecular formula is C14H18ClNO2. The Morgan fingerprint density at radius 1 is 1.44 bits per heavy atom. The molecule has 0 spiro atoms. The molecular weight excluding hydrogens is 250 g/mol. The zero-order valence-electron chi connectivity index (χ0n) is 10.5. The number of carbonyl (C=O) groups is 1. The zero-order chi connectivity index (χ0) is 13.2. The fourth-order valence-corrected chi connectivity index (χ4v) is 2.89. The lowest BCUT2D eigenvalue weighted by Crippen LogP contribution is -2.49. The third kappa shape index (κ3) is 2.38. The number of likely N-dealkylation sites (tertiary alicyclic amines) is 1. The fraction of sp³-hybridized carbons (Fsp3) is 0.500. The Hall–Kier alpha value is -1.06. The summed E-state index contributed by atoms with van der Waals surface area (Å²) >= 11 is 5.85. The SMILES string of the molecule is CCC1(C(=O)O)CCCN1Cc1ccc(Cl)cc1. The average molecular weight is 268 g/mol. The van der Waals surface area contributed by atoms with Crippen molar-refractivity contribution in [3.05, 3.63) is 34.9 Å². The van der Waals surface area contributed by atoms with E-state index in [2.05, 4.69) is 4.90 Å². The van der Waals surface area contributed by atoms with Crippen LogP contribution in [0.15, 0.2) is 24.3 Å². The molecule has 1 saturated heterocycles. The van der Waals surface area contributed by atoms with E-state index in [1.165, 1.54) is 0 Å². The van der Waals surface area contributed by atoms with Gasteiger partial charge in [-0.3, -0.25) is 9.69 Å². The first-order valence-corrected chi connectivity index (χ1v) is 6.69. The van der Waals surface area contributed by atoms with Crippen LogP contribution in [0.25, 0.3) is 0 Å². The minimum absolute atomic E-state index is 0.649. The molecule has 0 aromatic heterocycles. The highest BCUT2D eigenvalue weighted by molar-refractivity contribution is 6.30. The van der Waals surface area contributed by atoms with E-state index in [4.69, 9.17) is 11.6 Å². The van der Waals surface area contributed by atoms with Crippen molar-refractivity contribution in [2.24, 2.45) is 0 Å². The van der Waals surface area contributed by atoms with Crippen LogP contribution in [0.3, 0.4) is 0 Å². The van der Waals surface area contributed by atoms with Crippen molar-refractivity contribution in [2.45, 2.75) is 38.3 Å². The molecule has 0 aliphatic carbocycles. The second-order valence-electron chi connectivity index (χ2n) is 4.84. The van der Waals surface area contributed by atoms with Crippen molar-refractivity contribution in [3.8, 4) is 0 Å². The number of hydrogen-bond donors (Lipinski definition) is 1. The highest BCUT2D eigenvalue weighted by Crippen LogP contribution is 2.34. The van der Waals surface area contributed by atoms with Crippen LogP contribution in [0.4, 0.5) is 0 Å². The number of halogens is 1. The van der Waals surface area contributed by atoms with E-state index in [1.54, 1.807) is 0 Å². The van der Waals surface area contributed by atoms with Gasteiger partial charge in [-0.15, -0.1) is 0 Å². The van der Waals surface area contributed by atoms with Crippen molar-refractivity contribution in [2.75, 3.05) is 6.54 Å². The summed E-state index contributed by atoms with van der Waals surface area (Å²) < 4.78 is 0. The Bertz CT molecular complexity index is 432. The van der Waals surface area contributed by atoms with Crippen molar-refractivity contribution in [1.82, 2.24) is 4.90 Å². The van der Waals surface area contributed by atoms with E-state index >= 15 is 0 Å². The molecule has 1 aliphatic rings. The van der Waals surface area contributed by atoms with E-state index in [0.29, 0.717) is 18.0 Å². The molecule has 3 nitrogen and oxygen atoms in total. The number of rotatable bonds is 4. The minimum atomic E-state index is -0.698. The Morgan fingerprint density at radius 2 is 2.11 bits per heavy atom. The summed E-state index contributed by atoms with van der Waals surface area (Å²) in [5.41, 5.74) is 0.431. The lowest BCUT2D eigenvalue weighted by molar-refractivity contribution is -0.150. The molecule has 1 fully saturated rings. The van der Waals surface area contributed by atoms with E-state index in [1.807, 2.05) is 31.2 Å². The fourth-order valence-electron chi connectivity index (χ4n) is 2.77. The number of nitrogens with zero attached hydrogens (tertiary/aromatic N) is 1. The van der Waals surface area contributed by atoms with Crippen molar-refractivity contribution >= 4 is 17.6 Å². The molecule has 1 N–H and O–H groups in total. The molecule has 18 heavy (non-hydrogen) atoms. The van der Waals surface area contributed by atoms with E-state index in [0.717, 1.165) is 24.9 Å². The van der Waals surface area contributed by atoms with E-state index < -0.39 is 11.5 Å². The Kier molecular flexibility index (Phi) is 3.93. The first-order chi connectivity index (χ1) is 8.58. The van der Waals surface area contributed by atoms with Crippen molar-refractivity contribution < 1.29 is 9.90 Å². The normalized spacial score (nSPS) is 24.3. The van der Waals surface area contributed by atoms with E-state index in [9.17, 15) is 9.90 Å². The molecule has 0 amide bonds. The van der Waals surface area contributed by atoms with Crippen LogP contribution in [-0.4, -0.2) is 28.1 Å². The van der Waals surface area contributed by atoms with Crippen LogP contribution < -0.4 is 0 Å². The maximum absolute atomic E-state index is 11.5. The van der Waals surface area contributed by atoms with Crippen LogP contribution in [0.1, 0.15) is 31.7 Å². The van der Waals surface area contributed by atoms with Gasteiger partial charge >= 0.3 is 5.97 Å². The predicted molar refractivity (Wildman–Crippen MR) is 71.8 cm³/mol. The first-order valence-electron chi connectivity index (χ1n) is 6.31. The average Bonchev–Trinajstić information content (AvgIpc) is 2.76. The molecule has 0 saturated carbocycles. The maximum Gasteiger partial charge on any atom is 0.324 e. The predicted octanol–water partition coefficient (Wildman–Crippen LogP) is 3.17. The monoisotopic (exact) mass is 267 g/mol. The van der Waals surface area contributed by atoms with Crippen LogP contribution in [0.2, 0.25) is 5.02 Å². The third-order valence-corrected chi connectivity index (χ3v) is 4.15. The Labute approximate surface area is 112 Å². The standard InChI is InChI=1S/C14H18ClNO2/c1-2-14(13(17)18)8-3-9-16(14)10-11-4-6-12(15)7-5-11/h4-7H,2-3,8-10H2,1H3,(H,17,18). The summed E-state index contributed by atoms with van der Waals surface area (Å²) in [5.74, 6) is -0.698. The topological polar surface area (TPSA) is 40.5 Å². The van der Waals surface area contributed by atoms with Gasteiger partial charge < -0.3 is 5.11 Å². The van der Waals surface area contributed by atoms with Crippen LogP contribution in [0.5, 0.6) is 0 Å². The van der Waals surface area contributed by atoms with Crippen molar-refractivity contribution in [3.63, 3.8) is 0 Å². The summed E-state index contributed by atoms with van der Waals surface area (Å²) in [4.78, 5) is 13.6. The van der Waals surface area contributed by atoms with Crippen LogP contribution in [-0.2, 0) is 11.3 Å². The first kappa shape index (κ1) is 13.4. The summed E-state index contributed by atoms with van der Waals surface area (Å²) in [5, 5.41) is 10.2. The molecule has 1 atom stereocenters.